The van der Waals surface area contributed by atoms with Crippen LogP contribution >= 0.6 is 11.6 Å². The summed E-state index contributed by atoms with van der Waals surface area (Å²) in [6.45, 7) is 0. The van der Waals surface area contributed by atoms with E-state index in [1.807, 2.05) is 30.3 Å². The minimum absolute atomic E-state index is 0.0343. The fourth-order valence-corrected chi connectivity index (χ4v) is 1.77. The van der Waals surface area contributed by atoms with E-state index in [4.69, 9.17) is 16.9 Å². The van der Waals surface area contributed by atoms with Gasteiger partial charge in [-0.2, -0.15) is 5.26 Å². The second kappa shape index (κ2) is 5.39. The fraction of sp³-hybridized carbons (Fsp3) is 0. The van der Waals surface area contributed by atoms with E-state index in [2.05, 4.69) is 6.07 Å². The minimum atomic E-state index is 0.0343. The molecule has 1 N–H and O–H groups in total. The molecule has 0 aliphatic rings. The van der Waals surface area contributed by atoms with Crippen molar-refractivity contribution in [2.75, 3.05) is 0 Å². The van der Waals surface area contributed by atoms with E-state index >= 15 is 0 Å². The van der Waals surface area contributed by atoms with Crippen molar-refractivity contribution < 1.29 is 5.11 Å². The Morgan fingerprint density at radius 2 is 1.89 bits per heavy atom. The molecule has 3 heteroatoms. The van der Waals surface area contributed by atoms with E-state index in [1.54, 1.807) is 18.2 Å². The number of aromatic hydroxyl groups is 1. The number of allylic oxidation sites excluding steroid dienone is 1. The summed E-state index contributed by atoms with van der Waals surface area (Å²) in [4.78, 5) is 0. The van der Waals surface area contributed by atoms with Crippen molar-refractivity contribution in [1.29, 1.82) is 5.26 Å². The van der Waals surface area contributed by atoms with Gasteiger partial charge in [0.05, 0.1) is 16.7 Å². The molecule has 0 aliphatic carbocycles. The van der Waals surface area contributed by atoms with E-state index in [1.165, 1.54) is 6.07 Å². The predicted octanol–water partition coefficient (Wildman–Crippen LogP) is 4.11. The van der Waals surface area contributed by atoms with E-state index in [0.717, 1.165) is 11.1 Å². The Bertz CT molecular complexity index is 627. The van der Waals surface area contributed by atoms with Gasteiger partial charge < -0.3 is 5.11 Å². The SMILES string of the molecule is N#C/C(=C\c1ccc(O)c(Cl)c1)c1ccccc1. The van der Waals surface area contributed by atoms with Crippen molar-refractivity contribution in [1.82, 2.24) is 0 Å². The predicted molar refractivity (Wildman–Crippen MR) is 73.0 cm³/mol. The molecule has 0 bridgehead atoms. The molecular weight excluding hydrogens is 246 g/mol. The highest BCUT2D eigenvalue weighted by Gasteiger charge is 2.02. The summed E-state index contributed by atoms with van der Waals surface area (Å²) < 4.78 is 0. The third kappa shape index (κ3) is 2.71. The van der Waals surface area contributed by atoms with Crippen LogP contribution < -0.4 is 0 Å². The second-order valence-electron chi connectivity index (χ2n) is 3.75. The standard InChI is InChI=1S/C15H10ClNO/c16-14-9-11(6-7-15(14)18)8-13(10-17)12-4-2-1-3-5-12/h1-9,18H/b13-8+. The highest BCUT2D eigenvalue weighted by molar-refractivity contribution is 6.32. The van der Waals surface area contributed by atoms with Crippen LogP contribution in [0.2, 0.25) is 5.02 Å². The van der Waals surface area contributed by atoms with E-state index in [-0.39, 0.29) is 10.8 Å². The van der Waals surface area contributed by atoms with Crippen LogP contribution in [-0.2, 0) is 0 Å². The molecule has 0 aliphatic heterocycles. The molecule has 0 amide bonds. The first kappa shape index (κ1) is 12.2. The molecule has 0 heterocycles. The van der Waals surface area contributed by atoms with Gasteiger partial charge in [0.2, 0.25) is 0 Å². The maximum atomic E-state index is 9.33. The van der Waals surface area contributed by atoms with Gasteiger partial charge in [-0.1, -0.05) is 48.0 Å². The average Bonchev–Trinajstić information content (AvgIpc) is 2.41. The Labute approximate surface area is 110 Å². The summed E-state index contributed by atoms with van der Waals surface area (Å²) in [6.07, 6.45) is 1.74. The maximum absolute atomic E-state index is 9.33. The van der Waals surface area contributed by atoms with Gasteiger partial charge in [0.1, 0.15) is 5.75 Å². The van der Waals surface area contributed by atoms with Gasteiger partial charge in [-0.3, -0.25) is 0 Å². The van der Waals surface area contributed by atoms with Crippen LogP contribution in [0.3, 0.4) is 0 Å². The monoisotopic (exact) mass is 255 g/mol. The van der Waals surface area contributed by atoms with Gasteiger partial charge in [0, 0.05) is 0 Å². The summed E-state index contributed by atoms with van der Waals surface area (Å²) >= 11 is 5.82. The fourth-order valence-electron chi connectivity index (χ4n) is 1.58. The van der Waals surface area contributed by atoms with Crippen LogP contribution in [0.1, 0.15) is 11.1 Å². The number of nitrogens with zero attached hydrogens (tertiary/aromatic N) is 1. The molecule has 0 atom stereocenters. The molecule has 0 saturated carbocycles. The summed E-state index contributed by atoms with van der Waals surface area (Å²) in [5.41, 5.74) is 2.18. The minimum Gasteiger partial charge on any atom is -0.506 e. The van der Waals surface area contributed by atoms with Gasteiger partial charge in [0.25, 0.3) is 0 Å². The first-order valence-corrected chi connectivity index (χ1v) is 5.74. The number of nitriles is 1. The van der Waals surface area contributed by atoms with Crippen LogP contribution in [0.25, 0.3) is 11.6 Å². The number of benzene rings is 2. The third-order valence-electron chi connectivity index (χ3n) is 2.49. The number of halogens is 1. The van der Waals surface area contributed by atoms with Crippen LogP contribution in [0.15, 0.2) is 48.5 Å². The lowest BCUT2D eigenvalue weighted by atomic mass is 10.0. The number of phenolic OH excluding ortho intramolecular Hbond substituents is 1. The second-order valence-corrected chi connectivity index (χ2v) is 4.15. The van der Waals surface area contributed by atoms with Crippen molar-refractivity contribution in [2.24, 2.45) is 0 Å². The first-order valence-electron chi connectivity index (χ1n) is 5.36. The van der Waals surface area contributed by atoms with Gasteiger partial charge in [-0.05, 0) is 29.3 Å². The first-order chi connectivity index (χ1) is 8.70. The van der Waals surface area contributed by atoms with E-state index in [0.29, 0.717) is 5.57 Å². The zero-order chi connectivity index (χ0) is 13.0. The molecule has 0 aromatic heterocycles. The van der Waals surface area contributed by atoms with Crippen molar-refractivity contribution in [3.8, 4) is 11.8 Å². The normalized spacial score (nSPS) is 11.0. The molecule has 2 nitrogen and oxygen atoms in total. The average molecular weight is 256 g/mol. The molecule has 2 aromatic carbocycles. The van der Waals surface area contributed by atoms with Crippen LogP contribution in [-0.4, -0.2) is 5.11 Å². The highest BCUT2D eigenvalue weighted by atomic mass is 35.5. The number of rotatable bonds is 2. The Morgan fingerprint density at radius 3 is 2.50 bits per heavy atom. The third-order valence-corrected chi connectivity index (χ3v) is 2.79. The summed E-state index contributed by atoms with van der Waals surface area (Å²) in [5, 5.41) is 18.8. The number of hydrogen-bond donors (Lipinski definition) is 1. The van der Waals surface area contributed by atoms with Gasteiger partial charge in [-0.15, -0.1) is 0 Å². The highest BCUT2D eigenvalue weighted by Crippen LogP contribution is 2.26. The molecule has 18 heavy (non-hydrogen) atoms. The zero-order valence-corrected chi connectivity index (χ0v) is 10.2. The number of phenols is 1. The molecule has 88 valence electrons. The smallest absolute Gasteiger partial charge is 0.134 e. The Hall–Kier alpha value is -2.24. The van der Waals surface area contributed by atoms with Gasteiger partial charge in [0.15, 0.2) is 0 Å². The molecular formula is C15H10ClNO. The van der Waals surface area contributed by atoms with E-state index < -0.39 is 0 Å². The lowest BCUT2D eigenvalue weighted by molar-refractivity contribution is 0.475. The van der Waals surface area contributed by atoms with Gasteiger partial charge >= 0.3 is 0 Å². The molecule has 2 rings (SSSR count). The molecule has 0 spiro atoms. The molecule has 0 radical (unpaired) electrons. The van der Waals surface area contributed by atoms with Gasteiger partial charge in [-0.25, -0.2) is 0 Å². The topological polar surface area (TPSA) is 44.0 Å². The quantitative estimate of drug-likeness (QED) is 0.648. The molecule has 0 saturated heterocycles. The Morgan fingerprint density at radius 1 is 1.17 bits per heavy atom. The van der Waals surface area contributed by atoms with Crippen LogP contribution in [0.4, 0.5) is 0 Å². The number of hydrogen-bond acceptors (Lipinski definition) is 2. The lowest BCUT2D eigenvalue weighted by Crippen LogP contribution is -1.81. The molecule has 0 fully saturated rings. The van der Waals surface area contributed by atoms with E-state index in [9.17, 15) is 5.11 Å². The summed E-state index contributed by atoms with van der Waals surface area (Å²) in [5.74, 6) is 0.0343. The largest absolute Gasteiger partial charge is 0.506 e. The summed E-state index contributed by atoms with van der Waals surface area (Å²) in [7, 11) is 0. The lowest BCUT2D eigenvalue weighted by Gasteiger charge is -2.01. The van der Waals surface area contributed by atoms with Crippen molar-refractivity contribution >= 4 is 23.3 Å². The van der Waals surface area contributed by atoms with Crippen molar-refractivity contribution in [2.45, 2.75) is 0 Å². The van der Waals surface area contributed by atoms with Crippen molar-refractivity contribution in [3.05, 3.63) is 64.7 Å². The van der Waals surface area contributed by atoms with Crippen molar-refractivity contribution in [3.63, 3.8) is 0 Å². The van der Waals surface area contributed by atoms with Crippen LogP contribution in [0.5, 0.6) is 5.75 Å². The Balaban J connectivity index is 2.42. The van der Waals surface area contributed by atoms with Crippen LogP contribution in [0, 0.1) is 11.3 Å². The maximum Gasteiger partial charge on any atom is 0.134 e. The molecule has 0 unspecified atom stereocenters. The summed E-state index contributed by atoms with van der Waals surface area (Å²) in [6, 6.07) is 16.4. The Kier molecular flexibility index (Phi) is 3.66. The zero-order valence-electron chi connectivity index (χ0n) is 9.47. The molecule has 2 aromatic rings.